The van der Waals surface area contributed by atoms with Crippen LogP contribution in [0.2, 0.25) is 0 Å². The van der Waals surface area contributed by atoms with Gasteiger partial charge in [0.25, 0.3) is 5.91 Å². The molecule has 0 saturated carbocycles. The van der Waals surface area contributed by atoms with E-state index in [1.54, 1.807) is 24.3 Å². The third kappa shape index (κ3) is 3.50. The second-order valence-electron chi connectivity index (χ2n) is 4.35. The van der Waals surface area contributed by atoms with Crippen LogP contribution in [-0.2, 0) is 11.3 Å². The first-order valence-electron chi connectivity index (χ1n) is 6.23. The first-order chi connectivity index (χ1) is 9.56. The number of ether oxygens (including phenoxy) is 1. The Labute approximate surface area is 116 Å². The van der Waals surface area contributed by atoms with Gasteiger partial charge in [-0.2, -0.15) is 0 Å². The number of amides is 1. The lowest BCUT2D eigenvalue weighted by Gasteiger charge is -2.08. The van der Waals surface area contributed by atoms with Gasteiger partial charge in [-0.25, -0.2) is 4.98 Å². The molecule has 0 aliphatic carbocycles. The molecule has 1 heterocycles. The fourth-order valence-corrected chi connectivity index (χ4v) is 1.60. The van der Waals surface area contributed by atoms with E-state index in [1.165, 1.54) is 0 Å². The Hall–Kier alpha value is -2.50. The lowest BCUT2D eigenvalue weighted by molar-refractivity contribution is -0.123. The van der Waals surface area contributed by atoms with Crippen LogP contribution < -0.4 is 15.8 Å². The van der Waals surface area contributed by atoms with Gasteiger partial charge in [-0.3, -0.25) is 4.79 Å². The van der Waals surface area contributed by atoms with E-state index < -0.39 is 0 Å². The first-order valence-corrected chi connectivity index (χ1v) is 6.23. The molecule has 2 aromatic rings. The summed E-state index contributed by atoms with van der Waals surface area (Å²) in [5.74, 6) is 1.46. The molecule has 0 bridgehead atoms. The van der Waals surface area contributed by atoms with Gasteiger partial charge in [0.05, 0.1) is 17.9 Å². The van der Waals surface area contributed by atoms with Crippen LogP contribution >= 0.6 is 0 Å². The summed E-state index contributed by atoms with van der Waals surface area (Å²) in [6.45, 7) is 3.81. The first kappa shape index (κ1) is 13.9. The average molecular weight is 275 g/mol. The number of nitrogens with one attached hydrogen (secondary N) is 1. The number of nitrogens with two attached hydrogens (primary N) is 1. The van der Waals surface area contributed by atoms with Crippen LogP contribution in [0, 0.1) is 13.8 Å². The molecule has 0 aliphatic heterocycles. The maximum absolute atomic E-state index is 11.6. The summed E-state index contributed by atoms with van der Waals surface area (Å²) < 4.78 is 10.7. The van der Waals surface area contributed by atoms with E-state index in [-0.39, 0.29) is 19.1 Å². The lowest BCUT2D eigenvalue weighted by atomic mass is 10.3. The van der Waals surface area contributed by atoms with Crippen molar-refractivity contribution in [1.29, 1.82) is 0 Å². The molecule has 0 saturated heterocycles. The van der Waals surface area contributed by atoms with Gasteiger partial charge in [-0.15, -0.1) is 0 Å². The summed E-state index contributed by atoms with van der Waals surface area (Å²) >= 11 is 0. The predicted octanol–water partition coefficient (Wildman–Crippen LogP) is 1.57. The number of aromatic nitrogens is 1. The van der Waals surface area contributed by atoms with E-state index >= 15 is 0 Å². The van der Waals surface area contributed by atoms with Crippen molar-refractivity contribution in [1.82, 2.24) is 10.3 Å². The van der Waals surface area contributed by atoms with E-state index in [0.717, 1.165) is 11.5 Å². The number of carbonyl (C=O) groups is 1. The summed E-state index contributed by atoms with van der Waals surface area (Å²) in [5.41, 5.74) is 7.03. The second-order valence-corrected chi connectivity index (χ2v) is 4.35. The van der Waals surface area contributed by atoms with E-state index in [2.05, 4.69) is 10.3 Å². The number of hydrogen-bond donors (Lipinski definition) is 2. The molecule has 6 heteroatoms. The molecule has 0 unspecified atom stereocenters. The van der Waals surface area contributed by atoms with Crippen molar-refractivity contribution in [2.75, 3.05) is 12.3 Å². The molecule has 1 aromatic carbocycles. The van der Waals surface area contributed by atoms with Crippen LogP contribution in [0.3, 0.4) is 0 Å². The molecular weight excluding hydrogens is 258 g/mol. The number of nitrogen functional groups attached to an aromatic ring is 1. The van der Waals surface area contributed by atoms with Gasteiger partial charge >= 0.3 is 0 Å². The van der Waals surface area contributed by atoms with Gasteiger partial charge in [0.1, 0.15) is 11.5 Å². The monoisotopic (exact) mass is 275 g/mol. The number of benzene rings is 1. The quantitative estimate of drug-likeness (QED) is 0.808. The fraction of sp³-hybridized carbons (Fsp3) is 0.286. The Balaban J connectivity index is 1.80. The number of aryl methyl sites for hydroxylation is 2. The van der Waals surface area contributed by atoms with Gasteiger partial charge in [-0.05, 0) is 26.0 Å². The maximum atomic E-state index is 11.6. The Morgan fingerprint density at radius 1 is 1.40 bits per heavy atom. The molecular formula is C14H17N3O3. The molecule has 0 atom stereocenters. The molecule has 1 aromatic heterocycles. The predicted molar refractivity (Wildman–Crippen MR) is 74.2 cm³/mol. The minimum absolute atomic E-state index is 0.104. The van der Waals surface area contributed by atoms with Crippen LogP contribution in [0.25, 0.3) is 0 Å². The van der Waals surface area contributed by atoms with Crippen molar-refractivity contribution >= 4 is 11.6 Å². The highest BCUT2D eigenvalue weighted by Gasteiger charge is 2.08. The topological polar surface area (TPSA) is 90.4 Å². The molecule has 20 heavy (non-hydrogen) atoms. The number of carbonyl (C=O) groups excluding carboxylic acids is 1. The molecule has 106 valence electrons. The molecule has 0 spiro atoms. The van der Waals surface area contributed by atoms with Crippen molar-refractivity contribution in [3.8, 4) is 5.75 Å². The van der Waals surface area contributed by atoms with Crippen molar-refractivity contribution in [3.05, 3.63) is 41.6 Å². The highest BCUT2D eigenvalue weighted by Crippen LogP contribution is 2.19. The third-order valence-corrected chi connectivity index (χ3v) is 2.79. The number of oxazole rings is 1. The smallest absolute Gasteiger partial charge is 0.258 e. The van der Waals surface area contributed by atoms with Crippen molar-refractivity contribution in [3.63, 3.8) is 0 Å². The zero-order chi connectivity index (χ0) is 14.5. The van der Waals surface area contributed by atoms with E-state index in [4.69, 9.17) is 14.9 Å². The van der Waals surface area contributed by atoms with E-state index in [1.807, 2.05) is 13.8 Å². The van der Waals surface area contributed by atoms with Gasteiger partial charge < -0.3 is 20.2 Å². The Bertz CT molecular complexity index is 588. The number of nitrogens with zero attached hydrogens (tertiary/aromatic N) is 1. The van der Waals surface area contributed by atoms with Crippen molar-refractivity contribution < 1.29 is 13.9 Å². The Morgan fingerprint density at radius 2 is 2.15 bits per heavy atom. The molecule has 2 rings (SSSR count). The summed E-state index contributed by atoms with van der Waals surface area (Å²) in [6.07, 6.45) is 0. The van der Waals surface area contributed by atoms with Crippen LogP contribution in [-0.4, -0.2) is 17.5 Å². The Morgan fingerprint density at radius 3 is 2.80 bits per heavy atom. The standard InChI is InChI=1S/C14H17N3O3/c1-9-10(2)20-14(17-9)7-16-13(18)8-19-12-6-4-3-5-11(12)15/h3-6H,7-8,15H2,1-2H3,(H,16,18). The molecule has 3 N–H and O–H groups in total. The number of anilines is 1. The highest BCUT2D eigenvalue weighted by molar-refractivity contribution is 5.77. The Kier molecular flexibility index (Phi) is 4.24. The largest absolute Gasteiger partial charge is 0.482 e. The zero-order valence-corrected chi connectivity index (χ0v) is 11.5. The van der Waals surface area contributed by atoms with E-state index in [9.17, 15) is 4.79 Å². The fourth-order valence-electron chi connectivity index (χ4n) is 1.60. The van der Waals surface area contributed by atoms with Gasteiger partial charge in [0.15, 0.2) is 6.61 Å². The van der Waals surface area contributed by atoms with Gasteiger partial charge in [0.2, 0.25) is 5.89 Å². The number of para-hydroxylation sites is 2. The molecule has 1 amide bonds. The summed E-state index contributed by atoms with van der Waals surface area (Å²) in [7, 11) is 0. The summed E-state index contributed by atoms with van der Waals surface area (Å²) in [4.78, 5) is 15.8. The zero-order valence-electron chi connectivity index (χ0n) is 11.5. The highest BCUT2D eigenvalue weighted by atomic mass is 16.5. The molecule has 6 nitrogen and oxygen atoms in total. The molecule has 0 aliphatic rings. The van der Waals surface area contributed by atoms with Crippen LogP contribution in [0.4, 0.5) is 5.69 Å². The summed E-state index contributed by atoms with van der Waals surface area (Å²) in [5, 5.41) is 2.67. The maximum Gasteiger partial charge on any atom is 0.258 e. The number of rotatable bonds is 5. The van der Waals surface area contributed by atoms with Crippen molar-refractivity contribution in [2.24, 2.45) is 0 Å². The van der Waals surface area contributed by atoms with E-state index in [0.29, 0.717) is 17.3 Å². The average Bonchev–Trinajstić information content (AvgIpc) is 2.75. The minimum atomic E-state index is -0.262. The SMILES string of the molecule is Cc1nc(CNC(=O)COc2ccccc2N)oc1C. The number of hydrogen-bond acceptors (Lipinski definition) is 5. The van der Waals surface area contributed by atoms with Crippen LogP contribution in [0.1, 0.15) is 17.3 Å². The van der Waals surface area contributed by atoms with Crippen LogP contribution in [0.15, 0.2) is 28.7 Å². The summed E-state index contributed by atoms with van der Waals surface area (Å²) in [6, 6.07) is 7.02. The van der Waals surface area contributed by atoms with Crippen LogP contribution in [0.5, 0.6) is 5.75 Å². The third-order valence-electron chi connectivity index (χ3n) is 2.79. The molecule has 0 fully saturated rings. The van der Waals surface area contributed by atoms with Crippen molar-refractivity contribution in [2.45, 2.75) is 20.4 Å². The minimum Gasteiger partial charge on any atom is -0.482 e. The van der Waals surface area contributed by atoms with Gasteiger partial charge in [0, 0.05) is 0 Å². The lowest BCUT2D eigenvalue weighted by Crippen LogP contribution is -2.28. The normalized spacial score (nSPS) is 10.3. The van der Waals surface area contributed by atoms with Gasteiger partial charge in [-0.1, -0.05) is 12.1 Å². The second kappa shape index (κ2) is 6.10. The molecule has 0 radical (unpaired) electrons.